The van der Waals surface area contributed by atoms with Crippen LogP contribution in [-0.4, -0.2) is 62.5 Å². The van der Waals surface area contributed by atoms with Crippen molar-refractivity contribution < 1.29 is 29.2 Å². The average Bonchev–Trinajstić information content (AvgIpc) is 3.46. The molecular weight excluding hydrogens is 442 g/mol. The molecule has 4 atom stereocenters. The molecule has 0 bridgehead atoms. The summed E-state index contributed by atoms with van der Waals surface area (Å²) in [7, 11) is 0. The molecule has 2 aromatic heterocycles. The summed E-state index contributed by atoms with van der Waals surface area (Å²) in [5.74, 6) is 0.175. The molecule has 11 heteroatoms. The maximum absolute atomic E-state index is 12.2. The van der Waals surface area contributed by atoms with Gasteiger partial charge in [-0.1, -0.05) is 30.3 Å². The number of ether oxygens (including phenoxy) is 3. The number of aliphatic hydroxyl groups excluding tert-OH is 2. The number of nitrogen functional groups attached to an aromatic ring is 1. The highest BCUT2D eigenvalue weighted by Crippen LogP contribution is 2.48. The molecule has 0 radical (unpaired) electrons. The van der Waals surface area contributed by atoms with Crippen molar-refractivity contribution in [2.24, 2.45) is 0 Å². The van der Waals surface area contributed by atoms with Crippen molar-refractivity contribution in [3.05, 3.63) is 60.0 Å². The molecule has 5 rings (SSSR count). The fourth-order valence-electron chi connectivity index (χ4n) is 4.40. The first-order valence-electron chi connectivity index (χ1n) is 10.8. The van der Waals surface area contributed by atoms with E-state index >= 15 is 0 Å². The van der Waals surface area contributed by atoms with Crippen LogP contribution in [0.3, 0.4) is 0 Å². The van der Waals surface area contributed by atoms with Crippen molar-refractivity contribution in [3.8, 4) is 6.07 Å². The predicted octanol–water partition coefficient (Wildman–Crippen LogP) is 1.04. The maximum Gasteiger partial charge on any atom is 0.508 e. The molecule has 0 amide bonds. The van der Waals surface area contributed by atoms with Crippen molar-refractivity contribution in [1.29, 1.82) is 5.26 Å². The van der Waals surface area contributed by atoms with Crippen LogP contribution in [0.1, 0.15) is 24.1 Å². The minimum absolute atomic E-state index is 0.161. The molecule has 1 saturated carbocycles. The van der Waals surface area contributed by atoms with Gasteiger partial charge in [0.25, 0.3) is 0 Å². The Morgan fingerprint density at radius 1 is 1.24 bits per heavy atom. The summed E-state index contributed by atoms with van der Waals surface area (Å²) in [4.78, 5) is 16.1. The smallest absolute Gasteiger partial charge is 0.433 e. The van der Waals surface area contributed by atoms with Gasteiger partial charge in [-0.15, -0.1) is 0 Å². The summed E-state index contributed by atoms with van der Waals surface area (Å²) < 4.78 is 17.5. The van der Waals surface area contributed by atoms with Gasteiger partial charge in [-0.3, -0.25) is 0 Å². The topological polar surface area (TPSA) is 165 Å². The first-order valence-corrected chi connectivity index (χ1v) is 10.8. The fraction of sp³-hybridized carbons (Fsp3) is 0.391. The number of fused-ring (bicyclic) bond motifs is 1. The van der Waals surface area contributed by atoms with Gasteiger partial charge in [0.05, 0.1) is 5.69 Å². The molecule has 0 spiro atoms. The van der Waals surface area contributed by atoms with Crippen LogP contribution in [0.15, 0.2) is 48.8 Å². The van der Waals surface area contributed by atoms with Gasteiger partial charge < -0.3 is 30.2 Å². The lowest BCUT2D eigenvalue weighted by atomic mass is 9.92. The molecule has 11 nitrogen and oxygen atoms in total. The Labute approximate surface area is 194 Å². The van der Waals surface area contributed by atoms with E-state index in [4.69, 9.17) is 19.9 Å². The quantitative estimate of drug-likeness (QED) is 0.448. The number of nitriles is 1. The monoisotopic (exact) mass is 465 g/mol. The first kappa shape index (κ1) is 22.1. The van der Waals surface area contributed by atoms with E-state index in [1.165, 1.54) is 16.9 Å². The number of carbonyl (C=O) groups excluding carboxylic acids is 1. The Morgan fingerprint density at radius 3 is 2.71 bits per heavy atom. The lowest BCUT2D eigenvalue weighted by Crippen LogP contribution is -2.41. The first-order chi connectivity index (χ1) is 16.4. The molecule has 2 fully saturated rings. The molecule has 34 heavy (non-hydrogen) atoms. The summed E-state index contributed by atoms with van der Waals surface area (Å²) in [5.41, 5.74) is 5.36. The highest BCUT2D eigenvalue weighted by atomic mass is 16.7. The maximum atomic E-state index is 12.2. The number of nitrogens with two attached hydrogens (primary N) is 1. The van der Waals surface area contributed by atoms with Crippen LogP contribution in [0.4, 0.5) is 10.6 Å². The van der Waals surface area contributed by atoms with Crippen molar-refractivity contribution >= 4 is 17.5 Å². The van der Waals surface area contributed by atoms with Crippen LogP contribution in [-0.2, 0) is 25.2 Å². The third kappa shape index (κ3) is 3.52. The average molecular weight is 465 g/mol. The van der Waals surface area contributed by atoms with Crippen LogP contribution in [0.5, 0.6) is 0 Å². The SMILES string of the molecule is N#C[C@@]1(c2ccc3c(N)ncnn23)O[C@H](COC(=O)OCC2(c3ccccc3)CC2)[C@@H](O)[C@H]1O. The standard InChI is InChI=1S/C23H23N5O6/c24-11-23(17-7-6-15-20(25)26-13-27-28(15)17)19(30)18(29)16(34-23)10-32-21(31)33-12-22(8-9-22)14-4-2-1-3-5-14/h1-7,13,16,18-19,29-30H,8-10,12H2,(H2,25,26,27)/t16-,18-,19-,23+/m1/s1. The van der Waals surface area contributed by atoms with E-state index < -0.39 is 36.7 Å². The largest absolute Gasteiger partial charge is 0.508 e. The Morgan fingerprint density at radius 2 is 2.00 bits per heavy atom. The summed E-state index contributed by atoms with van der Waals surface area (Å²) in [6, 6.07) is 14.8. The lowest BCUT2D eigenvalue weighted by Gasteiger charge is -2.24. The van der Waals surface area contributed by atoms with Gasteiger partial charge in [-0.2, -0.15) is 10.4 Å². The normalized spacial score (nSPS) is 27.3. The third-order valence-corrected chi connectivity index (χ3v) is 6.56. The molecule has 0 unspecified atom stereocenters. The van der Waals surface area contributed by atoms with Crippen molar-refractivity contribution in [3.63, 3.8) is 0 Å². The highest BCUT2D eigenvalue weighted by molar-refractivity contribution is 5.66. The zero-order chi connectivity index (χ0) is 23.9. The van der Waals surface area contributed by atoms with E-state index in [0.717, 1.165) is 18.4 Å². The number of carbonyl (C=O) groups is 1. The molecule has 176 valence electrons. The van der Waals surface area contributed by atoms with Crippen LogP contribution in [0, 0.1) is 11.3 Å². The van der Waals surface area contributed by atoms with Gasteiger partial charge in [0, 0.05) is 5.41 Å². The van der Waals surface area contributed by atoms with Crippen molar-refractivity contribution in [2.75, 3.05) is 18.9 Å². The van der Waals surface area contributed by atoms with Crippen LogP contribution >= 0.6 is 0 Å². The van der Waals surface area contributed by atoms with Crippen LogP contribution < -0.4 is 5.73 Å². The Kier molecular flexibility index (Phi) is 5.36. The van der Waals surface area contributed by atoms with E-state index in [2.05, 4.69) is 10.1 Å². The molecule has 1 saturated heterocycles. The Hall–Kier alpha value is -3.72. The van der Waals surface area contributed by atoms with Gasteiger partial charge >= 0.3 is 6.16 Å². The minimum atomic E-state index is -1.96. The van der Waals surface area contributed by atoms with Gasteiger partial charge in [0.2, 0.25) is 5.60 Å². The second-order valence-electron chi connectivity index (χ2n) is 8.60. The summed E-state index contributed by atoms with van der Waals surface area (Å²) in [6.07, 6.45) is -2.21. The number of hydrogen-bond acceptors (Lipinski definition) is 10. The summed E-state index contributed by atoms with van der Waals surface area (Å²) >= 11 is 0. The van der Waals surface area contributed by atoms with Gasteiger partial charge in [-0.05, 0) is 30.5 Å². The Bertz CT molecular complexity index is 1250. The highest BCUT2D eigenvalue weighted by Gasteiger charge is 2.58. The Balaban J connectivity index is 1.25. The molecule has 4 N–H and O–H groups in total. The van der Waals surface area contributed by atoms with E-state index in [9.17, 15) is 20.3 Å². The van der Waals surface area contributed by atoms with Gasteiger partial charge in [-0.25, -0.2) is 14.3 Å². The van der Waals surface area contributed by atoms with E-state index in [1.54, 1.807) is 6.07 Å². The number of aromatic nitrogens is 3. The number of nitrogens with zero attached hydrogens (tertiary/aromatic N) is 4. The molecular formula is C23H23N5O6. The van der Waals surface area contributed by atoms with Gasteiger partial charge in [0.1, 0.15) is 49.4 Å². The van der Waals surface area contributed by atoms with Crippen LogP contribution in [0.2, 0.25) is 0 Å². The molecule has 1 aliphatic carbocycles. The van der Waals surface area contributed by atoms with E-state index in [0.29, 0.717) is 5.52 Å². The third-order valence-electron chi connectivity index (χ3n) is 6.56. The zero-order valence-electron chi connectivity index (χ0n) is 18.1. The molecule has 3 heterocycles. The van der Waals surface area contributed by atoms with Gasteiger partial charge in [0.15, 0.2) is 5.82 Å². The summed E-state index contributed by atoms with van der Waals surface area (Å²) in [5, 5.41) is 35.3. The number of anilines is 1. The van der Waals surface area contributed by atoms with E-state index in [-0.39, 0.29) is 23.5 Å². The predicted molar refractivity (Wildman–Crippen MR) is 116 cm³/mol. The zero-order valence-corrected chi connectivity index (χ0v) is 18.1. The second kappa shape index (κ2) is 8.25. The molecule has 1 aromatic carbocycles. The number of rotatable bonds is 6. The number of benzene rings is 1. The van der Waals surface area contributed by atoms with Crippen LogP contribution in [0.25, 0.3) is 5.52 Å². The number of hydrogen-bond donors (Lipinski definition) is 3. The summed E-state index contributed by atoms with van der Waals surface area (Å²) in [6.45, 7) is -0.245. The molecule has 2 aliphatic rings. The van der Waals surface area contributed by atoms with Crippen molar-refractivity contribution in [2.45, 2.75) is 42.2 Å². The fourth-order valence-corrected chi connectivity index (χ4v) is 4.40. The second-order valence-corrected chi connectivity index (χ2v) is 8.60. The lowest BCUT2D eigenvalue weighted by molar-refractivity contribution is -0.0724. The molecule has 3 aromatic rings. The molecule has 1 aliphatic heterocycles. The van der Waals surface area contributed by atoms with Crippen molar-refractivity contribution in [1.82, 2.24) is 14.6 Å². The minimum Gasteiger partial charge on any atom is -0.433 e. The number of aliphatic hydroxyl groups is 2. The van der Waals surface area contributed by atoms with E-state index in [1.807, 2.05) is 36.4 Å².